The first-order chi connectivity index (χ1) is 9.61. The summed E-state index contributed by atoms with van der Waals surface area (Å²) in [6.07, 6.45) is 0. The van der Waals surface area contributed by atoms with Crippen LogP contribution >= 0.6 is 0 Å². The Balaban J connectivity index is 3.33. The molecule has 1 aromatic carbocycles. The van der Waals surface area contributed by atoms with Crippen molar-refractivity contribution in [2.45, 2.75) is 24.8 Å². The van der Waals surface area contributed by atoms with Crippen molar-refractivity contribution in [3.63, 3.8) is 0 Å². The smallest absolute Gasteiger partial charge is 0.341 e. The lowest BCUT2D eigenvalue weighted by molar-refractivity contribution is 0.0685. The number of aromatic carboxylic acids is 1. The quantitative estimate of drug-likeness (QED) is 0.723. The van der Waals surface area contributed by atoms with Crippen molar-refractivity contribution in [3.8, 4) is 0 Å². The monoisotopic (exact) mass is 323 g/mol. The summed E-state index contributed by atoms with van der Waals surface area (Å²) < 4.78 is 53.3. The number of carboxylic acids is 1. The fourth-order valence-corrected chi connectivity index (χ4v) is 3.04. The van der Waals surface area contributed by atoms with E-state index < -0.39 is 50.7 Å². The number of hydrogen-bond acceptors (Lipinski definition) is 4. The Hall–Kier alpha value is -1.58. The molecule has 0 radical (unpaired) electrons. The number of rotatable bonds is 6. The van der Waals surface area contributed by atoms with Gasteiger partial charge in [0.05, 0.1) is 6.61 Å². The van der Waals surface area contributed by atoms with Crippen LogP contribution in [0.2, 0.25) is 0 Å². The minimum Gasteiger partial charge on any atom is -0.477 e. The van der Waals surface area contributed by atoms with Gasteiger partial charge in [0, 0.05) is 6.04 Å². The zero-order valence-corrected chi connectivity index (χ0v) is 12.1. The number of benzene rings is 1. The molecule has 0 amide bonds. The third-order valence-electron chi connectivity index (χ3n) is 2.87. The van der Waals surface area contributed by atoms with E-state index in [1.807, 2.05) is 0 Å². The number of hydrogen-bond donors (Lipinski definition) is 3. The first-order valence-corrected chi connectivity index (χ1v) is 7.44. The van der Waals surface area contributed by atoms with Crippen molar-refractivity contribution in [2.24, 2.45) is 5.92 Å². The minimum atomic E-state index is -4.44. The number of sulfonamides is 1. The summed E-state index contributed by atoms with van der Waals surface area (Å²) in [5, 5.41) is 17.8. The van der Waals surface area contributed by atoms with Crippen LogP contribution < -0.4 is 4.72 Å². The molecule has 3 N–H and O–H groups in total. The molecule has 0 heterocycles. The zero-order chi connectivity index (χ0) is 16.4. The lowest BCUT2D eigenvalue weighted by Gasteiger charge is -2.20. The van der Waals surface area contributed by atoms with Crippen LogP contribution in [-0.2, 0) is 10.0 Å². The van der Waals surface area contributed by atoms with E-state index in [4.69, 9.17) is 10.2 Å². The maximum atomic E-state index is 13.9. The average molecular weight is 323 g/mol. The summed E-state index contributed by atoms with van der Waals surface area (Å²) in [5.41, 5.74) is -1.34. The second-order valence-electron chi connectivity index (χ2n) is 4.69. The van der Waals surface area contributed by atoms with Gasteiger partial charge in [0.1, 0.15) is 16.3 Å². The molecular weight excluding hydrogens is 308 g/mol. The first kappa shape index (κ1) is 17.5. The Labute approximate surface area is 120 Å². The molecule has 1 atom stereocenters. The van der Waals surface area contributed by atoms with Crippen LogP contribution in [-0.4, -0.2) is 37.2 Å². The predicted molar refractivity (Wildman–Crippen MR) is 69.4 cm³/mol. The second kappa shape index (κ2) is 6.46. The van der Waals surface area contributed by atoms with E-state index in [0.717, 1.165) is 0 Å². The lowest BCUT2D eigenvalue weighted by atomic mass is 10.1. The van der Waals surface area contributed by atoms with Gasteiger partial charge in [0.25, 0.3) is 0 Å². The molecule has 0 aromatic heterocycles. The molecule has 9 heteroatoms. The Kier molecular flexibility index (Phi) is 5.37. The predicted octanol–water partition coefficient (Wildman–Crippen LogP) is 0.958. The molecule has 0 saturated heterocycles. The summed E-state index contributed by atoms with van der Waals surface area (Å²) in [7, 11) is -4.44. The van der Waals surface area contributed by atoms with E-state index in [1.165, 1.54) is 0 Å². The molecule has 0 bridgehead atoms. The van der Waals surface area contributed by atoms with E-state index in [1.54, 1.807) is 13.8 Å². The second-order valence-corrected chi connectivity index (χ2v) is 6.38. The number of halogens is 2. The van der Waals surface area contributed by atoms with Gasteiger partial charge in [-0.1, -0.05) is 13.8 Å². The third-order valence-corrected chi connectivity index (χ3v) is 4.37. The van der Waals surface area contributed by atoms with E-state index >= 15 is 0 Å². The summed E-state index contributed by atoms with van der Waals surface area (Å²) in [4.78, 5) is 9.79. The van der Waals surface area contributed by atoms with Gasteiger partial charge < -0.3 is 10.2 Å². The van der Waals surface area contributed by atoms with Gasteiger partial charge in [-0.2, -0.15) is 0 Å². The van der Waals surface area contributed by atoms with Gasteiger partial charge in [-0.3, -0.25) is 0 Å². The molecule has 21 heavy (non-hydrogen) atoms. The van der Waals surface area contributed by atoms with E-state index in [0.29, 0.717) is 12.1 Å². The molecule has 0 unspecified atom stereocenters. The number of aliphatic hydroxyl groups is 1. The van der Waals surface area contributed by atoms with Crippen LogP contribution in [0.25, 0.3) is 0 Å². The van der Waals surface area contributed by atoms with Gasteiger partial charge in [0.2, 0.25) is 10.0 Å². The number of nitrogens with one attached hydrogen (secondary N) is 1. The van der Waals surface area contributed by atoms with Crippen molar-refractivity contribution >= 4 is 16.0 Å². The van der Waals surface area contributed by atoms with E-state index in [2.05, 4.69) is 4.72 Å². The molecule has 118 valence electrons. The standard InChI is InChI=1S/C12H15F2NO5S/c1-6(2)8(5-16)15-21(19,20)9-4-3-7(13)10(11(9)14)12(17)18/h3-4,6,8,15-16H,5H2,1-2H3,(H,17,18)/t8-/m1/s1. The third kappa shape index (κ3) is 3.74. The largest absolute Gasteiger partial charge is 0.477 e. The first-order valence-electron chi connectivity index (χ1n) is 5.96. The normalized spacial score (nSPS) is 13.4. The molecule has 6 nitrogen and oxygen atoms in total. The van der Waals surface area contributed by atoms with Crippen molar-refractivity contribution in [1.29, 1.82) is 0 Å². The fraction of sp³-hybridized carbons (Fsp3) is 0.417. The zero-order valence-electron chi connectivity index (χ0n) is 11.3. The van der Waals surface area contributed by atoms with Gasteiger partial charge in [0.15, 0.2) is 5.82 Å². The number of carbonyl (C=O) groups is 1. The summed E-state index contributed by atoms with van der Waals surface area (Å²) in [6, 6.07) is 0.311. The van der Waals surface area contributed by atoms with Crippen LogP contribution in [0.3, 0.4) is 0 Å². The molecule has 1 rings (SSSR count). The van der Waals surface area contributed by atoms with Crippen LogP contribution in [0.15, 0.2) is 17.0 Å². The Morgan fingerprint density at radius 3 is 2.33 bits per heavy atom. The highest BCUT2D eigenvalue weighted by Crippen LogP contribution is 2.21. The average Bonchev–Trinajstić information content (AvgIpc) is 2.34. The summed E-state index contributed by atoms with van der Waals surface area (Å²) in [5.74, 6) is -5.26. The van der Waals surface area contributed by atoms with Crippen LogP contribution in [0.5, 0.6) is 0 Å². The number of aliphatic hydroxyl groups excluding tert-OH is 1. The maximum Gasteiger partial charge on any atom is 0.341 e. The lowest BCUT2D eigenvalue weighted by Crippen LogP contribution is -2.41. The highest BCUT2D eigenvalue weighted by atomic mass is 32.2. The molecule has 0 saturated carbocycles. The minimum absolute atomic E-state index is 0.285. The van der Waals surface area contributed by atoms with Gasteiger partial charge in [-0.15, -0.1) is 0 Å². The molecule has 0 aliphatic carbocycles. The molecule has 0 spiro atoms. The summed E-state index contributed by atoms with van der Waals surface area (Å²) >= 11 is 0. The highest BCUT2D eigenvalue weighted by Gasteiger charge is 2.29. The van der Waals surface area contributed by atoms with E-state index in [9.17, 15) is 22.0 Å². The van der Waals surface area contributed by atoms with Gasteiger partial charge in [-0.05, 0) is 18.1 Å². The molecule has 0 aliphatic rings. The Morgan fingerprint density at radius 1 is 1.33 bits per heavy atom. The topological polar surface area (TPSA) is 104 Å². The fourth-order valence-electron chi connectivity index (χ4n) is 1.58. The Morgan fingerprint density at radius 2 is 1.90 bits per heavy atom. The van der Waals surface area contributed by atoms with Crippen LogP contribution in [0, 0.1) is 17.6 Å². The Bertz CT molecular complexity index is 645. The van der Waals surface area contributed by atoms with Gasteiger partial charge in [-0.25, -0.2) is 26.7 Å². The SMILES string of the molecule is CC(C)[C@@H](CO)NS(=O)(=O)c1ccc(F)c(C(=O)O)c1F. The van der Waals surface area contributed by atoms with Crippen molar-refractivity contribution in [2.75, 3.05) is 6.61 Å². The van der Waals surface area contributed by atoms with Crippen molar-refractivity contribution in [1.82, 2.24) is 4.72 Å². The van der Waals surface area contributed by atoms with Crippen molar-refractivity contribution < 1.29 is 32.2 Å². The van der Waals surface area contributed by atoms with Crippen LogP contribution in [0.1, 0.15) is 24.2 Å². The molecule has 0 aliphatic heterocycles. The maximum absolute atomic E-state index is 13.9. The summed E-state index contributed by atoms with van der Waals surface area (Å²) in [6.45, 7) is 2.74. The van der Waals surface area contributed by atoms with Gasteiger partial charge >= 0.3 is 5.97 Å². The highest BCUT2D eigenvalue weighted by molar-refractivity contribution is 7.89. The van der Waals surface area contributed by atoms with Crippen LogP contribution in [0.4, 0.5) is 8.78 Å². The molecule has 0 fully saturated rings. The number of carboxylic acid groups (broad SMARTS) is 1. The molecular formula is C12H15F2NO5S. The van der Waals surface area contributed by atoms with Crippen molar-refractivity contribution in [3.05, 3.63) is 29.3 Å². The molecule has 1 aromatic rings. The van der Waals surface area contributed by atoms with E-state index in [-0.39, 0.29) is 5.92 Å².